The molecule has 0 unspecified atom stereocenters. The normalized spacial score (nSPS) is 12.1. The first-order chi connectivity index (χ1) is 13.6. The van der Waals surface area contributed by atoms with Crippen LogP contribution < -0.4 is 9.62 Å². The van der Waals surface area contributed by atoms with Crippen molar-refractivity contribution in [1.29, 1.82) is 0 Å². The lowest BCUT2D eigenvalue weighted by atomic mass is 10.1. The van der Waals surface area contributed by atoms with Gasteiger partial charge in [0.2, 0.25) is 21.8 Å². The monoisotopic (exact) mass is 421 g/mol. The summed E-state index contributed by atoms with van der Waals surface area (Å²) in [5, 5.41) is 2.49. The number of benzene rings is 2. The zero-order valence-electron chi connectivity index (χ0n) is 16.5. The number of hydrogen-bond acceptors (Lipinski definition) is 4. The van der Waals surface area contributed by atoms with Gasteiger partial charge in [-0.15, -0.1) is 0 Å². The molecule has 2 aromatic carbocycles. The third-order valence-corrected chi connectivity index (χ3v) is 5.53. The van der Waals surface area contributed by atoms with Gasteiger partial charge in [0.25, 0.3) is 0 Å². The summed E-state index contributed by atoms with van der Waals surface area (Å²) < 4.78 is 39.0. The molecule has 2 aromatic rings. The standard InChI is InChI=1S/C20H24FN3O4S/c1-15(20(26)22-2)23(13-16-8-5-4-6-9-16)19(25)14-24(29(3,27)28)18-11-7-10-17(21)12-18/h4-12,15H,13-14H2,1-3H3,(H,22,26)/t15-/m1/s1. The number of rotatable bonds is 8. The van der Waals surface area contributed by atoms with Crippen molar-refractivity contribution in [2.45, 2.75) is 19.5 Å². The number of sulfonamides is 1. The number of anilines is 1. The van der Waals surface area contributed by atoms with Gasteiger partial charge in [-0.2, -0.15) is 0 Å². The molecule has 0 spiro atoms. The number of hydrogen-bond donors (Lipinski definition) is 1. The van der Waals surface area contributed by atoms with Crippen LogP contribution in [-0.4, -0.2) is 51.0 Å². The van der Waals surface area contributed by atoms with Gasteiger partial charge in [0.1, 0.15) is 18.4 Å². The molecule has 7 nitrogen and oxygen atoms in total. The molecule has 0 bridgehead atoms. The van der Waals surface area contributed by atoms with E-state index >= 15 is 0 Å². The molecule has 156 valence electrons. The Morgan fingerprint density at radius 2 is 1.76 bits per heavy atom. The van der Waals surface area contributed by atoms with E-state index in [2.05, 4.69) is 5.32 Å². The molecule has 0 aliphatic heterocycles. The fourth-order valence-corrected chi connectivity index (χ4v) is 3.66. The van der Waals surface area contributed by atoms with Gasteiger partial charge in [0.05, 0.1) is 11.9 Å². The maximum absolute atomic E-state index is 13.6. The second-order valence-electron chi connectivity index (χ2n) is 6.55. The van der Waals surface area contributed by atoms with Crippen molar-refractivity contribution in [3.05, 3.63) is 66.0 Å². The average molecular weight is 421 g/mol. The maximum atomic E-state index is 13.6. The van der Waals surface area contributed by atoms with E-state index in [1.807, 2.05) is 6.07 Å². The number of likely N-dealkylation sites (N-methyl/N-ethyl adjacent to an activating group) is 1. The molecule has 2 amide bonds. The molecule has 0 saturated carbocycles. The second kappa shape index (κ2) is 9.51. The van der Waals surface area contributed by atoms with Crippen LogP contribution in [0.3, 0.4) is 0 Å². The van der Waals surface area contributed by atoms with Crippen molar-refractivity contribution >= 4 is 27.5 Å². The minimum Gasteiger partial charge on any atom is -0.357 e. The fourth-order valence-electron chi connectivity index (χ4n) is 2.82. The molecule has 1 N–H and O–H groups in total. The lowest BCUT2D eigenvalue weighted by Crippen LogP contribution is -2.50. The first-order valence-electron chi connectivity index (χ1n) is 8.91. The molecule has 0 aliphatic carbocycles. The molecule has 0 radical (unpaired) electrons. The minimum atomic E-state index is -3.87. The summed E-state index contributed by atoms with van der Waals surface area (Å²) in [5.41, 5.74) is 0.821. The van der Waals surface area contributed by atoms with Crippen LogP contribution in [-0.2, 0) is 26.2 Å². The first kappa shape index (κ1) is 22.4. The summed E-state index contributed by atoms with van der Waals surface area (Å²) in [4.78, 5) is 26.5. The zero-order valence-corrected chi connectivity index (χ0v) is 17.3. The van der Waals surface area contributed by atoms with E-state index in [9.17, 15) is 22.4 Å². The Kier molecular flexibility index (Phi) is 7.33. The highest BCUT2D eigenvalue weighted by molar-refractivity contribution is 7.92. The third-order valence-electron chi connectivity index (χ3n) is 4.38. The Hall–Kier alpha value is -2.94. The molecule has 1 atom stereocenters. The summed E-state index contributed by atoms with van der Waals surface area (Å²) in [5.74, 6) is -1.59. The van der Waals surface area contributed by atoms with Crippen LogP contribution in [0.25, 0.3) is 0 Å². The summed E-state index contributed by atoms with van der Waals surface area (Å²) in [6, 6.07) is 13.2. The van der Waals surface area contributed by atoms with Crippen molar-refractivity contribution in [2.75, 3.05) is 24.2 Å². The Bertz CT molecular complexity index is 967. The fraction of sp³-hybridized carbons (Fsp3) is 0.300. The Labute approximate surface area is 170 Å². The number of amides is 2. The highest BCUT2D eigenvalue weighted by atomic mass is 32.2. The zero-order chi connectivity index (χ0) is 21.6. The molecule has 2 rings (SSSR count). The minimum absolute atomic E-state index is 0.0353. The van der Waals surface area contributed by atoms with Gasteiger partial charge in [0.15, 0.2) is 0 Å². The number of carbonyl (C=O) groups excluding carboxylic acids is 2. The smallest absolute Gasteiger partial charge is 0.244 e. The van der Waals surface area contributed by atoms with E-state index in [-0.39, 0.29) is 18.1 Å². The van der Waals surface area contributed by atoms with Gasteiger partial charge in [-0.25, -0.2) is 12.8 Å². The van der Waals surface area contributed by atoms with Crippen LogP contribution in [0.15, 0.2) is 54.6 Å². The number of carbonyl (C=O) groups is 2. The largest absolute Gasteiger partial charge is 0.357 e. The number of nitrogens with one attached hydrogen (secondary N) is 1. The van der Waals surface area contributed by atoms with Gasteiger partial charge in [-0.1, -0.05) is 36.4 Å². The van der Waals surface area contributed by atoms with Crippen molar-refractivity contribution < 1.29 is 22.4 Å². The highest BCUT2D eigenvalue weighted by Crippen LogP contribution is 2.20. The lowest BCUT2D eigenvalue weighted by Gasteiger charge is -2.31. The predicted octanol–water partition coefficient (Wildman–Crippen LogP) is 1.75. The first-order valence-corrected chi connectivity index (χ1v) is 10.8. The number of halogens is 1. The maximum Gasteiger partial charge on any atom is 0.244 e. The number of nitrogens with zero attached hydrogens (tertiary/aromatic N) is 2. The molecular formula is C20H24FN3O4S. The van der Waals surface area contributed by atoms with Crippen LogP contribution in [0.1, 0.15) is 12.5 Å². The van der Waals surface area contributed by atoms with Crippen molar-refractivity contribution in [2.24, 2.45) is 0 Å². The molecule has 0 heterocycles. The van der Waals surface area contributed by atoms with Crippen LogP contribution in [0, 0.1) is 5.82 Å². The van der Waals surface area contributed by atoms with Crippen LogP contribution in [0.2, 0.25) is 0 Å². The van der Waals surface area contributed by atoms with E-state index < -0.39 is 34.3 Å². The van der Waals surface area contributed by atoms with Crippen molar-refractivity contribution in [1.82, 2.24) is 10.2 Å². The van der Waals surface area contributed by atoms with Crippen LogP contribution in [0.4, 0.5) is 10.1 Å². The average Bonchev–Trinajstić information content (AvgIpc) is 2.68. The van der Waals surface area contributed by atoms with Crippen LogP contribution >= 0.6 is 0 Å². The Balaban J connectivity index is 2.36. The topological polar surface area (TPSA) is 86.8 Å². The van der Waals surface area contributed by atoms with E-state index in [4.69, 9.17) is 0 Å². The second-order valence-corrected chi connectivity index (χ2v) is 8.45. The lowest BCUT2D eigenvalue weighted by molar-refractivity contribution is -0.139. The SMILES string of the molecule is CNC(=O)[C@@H](C)N(Cc1ccccc1)C(=O)CN(c1cccc(F)c1)S(C)(=O)=O. The highest BCUT2D eigenvalue weighted by Gasteiger charge is 2.29. The summed E-state index contributed by atoms with van der Waals surface area (Å²) in [7, 11) is -2.41. The quantitative estimate of drug-likeness (QED) is 0.704. The van der Waals surface area contributed by atoms with Gasteiger partial charge in [0, 0.05) is 13.6 Å². The van der Waals surface area contributed by atoms with Gasteiger partial charge in [-0.05, 0) is 30.7 Å². The van der Waals surface area contributed by atoms with E-state index in [1.165, 1.54) is 30.1 Å². The molecule has 0 fully saturated rings. The molecule has 0 aromatic heterocycles. The van der Waals surface area contributed by atoms with Gasteiger partial charge in [-0.3, -0.25) is 13.9 Å². The van der Waals surface area contributed by atoms with Crippen LogP contribution in [0.5, 0.6) is 0 Å². The van der Waals surface area contributed by atoms with Gasteiger partial charge < -0.3 is 10.2 Å². The Morgan fingerprint density at radius 3 is 2.31 bits per heavy atom. The molecule has 0 aliphatic rings. The molecule has 29 heavy (non-hydrogen) atoms. The van der Waals surface area contributed by atoms with Crippen molar-refractivity contribution in [3.8, 4) is 0 Å². The summed E-state index contributed by atoms with van der Waals surface area (Å²) >= 11 is 0. The molecular weight excluding hydrogens is 397 g/mol. The van der Waals surface area contributed by atoms with Crippen molar-refractivity contribution in [3.63, 3.8) is 0 Å². The van der Waals surface area contributed by atoms with E-state index in [0.717, 1.165) is 22.2 Å². The van der Waals surface area contributed by atoms with Gasteiger partial charge >= 0.3 is 0 Å². The van der Waals surface area contributed by atoms with E-state index in [1.54, 1.807) is 31.2 Å². The summed E-state index contributed by atoms with van der Waals surface area (Å²) in [6.45, 7) is 1.12. The van der Waals surface area contributed by atoms with E-state index in [0.29, 0.717) is 0 Å². The molecule has 0 saturated heterocycles. The summed E-state index contributed by atoms with van der Waals surface area (Å²) in [6.07, 6.45) is 0.939. The predicted molar refractivity (Wildman–Crippen MR) is 109 cm³/mol. The third kappa shape index (κ3) is 6.02. The Morgan fingerprint density at radius 1 is 1.10 bits per heavy atom. The molecule has 9 heteroatoms.